The van der Waals surface area contributed by atoms with E-state index in [4.69, 9.17) is 4.74 Å². The van der Waals surface area contributed by atoms with Gasteiger partial charge in [0.2, 0.25) is 0 Å². The zero-order valence-corrected chi connectivity index (χ0v) is 17.8. The third-order valence-electron chi connectivity index (χ3n) is 5.74. The molecule has 1 aliphatic rings. The van der Waals surface area contributed by atoms with Crippen LogP contribution in [-0.2, 0) is 17.7 Å². The molecule has 0 radical (unpaired) electrons. The molecule has 162 valence electrons. The van der Waals surface area contributed by atoms with Crippen molar-refractivity contribution in [3.8, 4) is 11.1 Å². The molecule has 31 heavy (non-hydrogen) atoms. The molecule has 1 atom stereocenters. The van der Waals surface area contributed by atoms with Gasteiger partial charge in [-0.05, 0) is 47.7 Å². The van der Waals surface area contributed by atoms with Gasteiger partial charge in [-0.25, -0.2) is 0 Å². The van der Waals surface area contributed by atoms with Gasteiger partial charge in [0.05, 0.1) is 13.2 Å². The summed E-state index contributed by atoms with van der Waals surface area (Å²) in [5.41, 5.74) is 8.66. The topological polar surface area (TPSA) is 46.5 Å². The van der Waals surface area contributed by atoms with Crippen molar-refractivity contribution < 1.29 is 4.74 Å². The number of hydrogen-bond donors (Lipinski definition) is 1. The number of ether oxygens (including phenoxy) is 1. The second-order valence-corrected chi connectivity index (χ2v) is 7.86. The quantitative estimate of drug-likeness (QED) is 0.484. The van der Waals surface area contributed by atoms with Crippen LogP contribution >= 0.6 is 0 Å². The van der Waals surface area contributed by atoms with E-state index in [9.17, 15) is 0 Å². The van der Waals surface area contributed by atoms with E-state index in [-0.39, 0.29) is 7.43 Å². The maximum atomic E-state index is 5.17. The number of nitrogens with one attached hydrogen (secondary N) is 1. The minimum absolute atomic E-state index is 0. The second-order valence-electron chi connectivity index (χ2n) is 7.86. The van der Waals surface area contributed by atoms with E-state index in [1.165, 1.54) is 27.8 Å². The Morgan fingerprint density at radius 1 is 1.03 bits per heavy atom. The van der Waals surface area contributed by atoms with E-state index in [1.54, 1.807) is 7.11 Å². The van der Waals surface area contributed by atoms with Crippen LogP contribution in [0.2, 0.25) is 0 Å². The molecule has 0 amide bonds. The zero-order valence-electron chi connectivity index (χ0n) is 17.8. The van der Waals surface area contributed by atoms with Crippen LogP contribution in [0.3, 0.4) is 0 Å². The van der Waals surface area contributed by atoms with Crippen molar-refractivity contribution in [2.24, 2.45) is 4.99 Å². The first-order valence-corrected chi connectivity index (χ1v) is 10.6. The van der Waals surface area contributed by atoms with E-state index in [0.29, 0.717) is 5.92 Å². The van der Waals surface area contributed by atoms with E-state index in [1.807, 2.05) is 12.4 Å². The molecule has 0 spiro atoms. The molecule has 0 fully saturated rings. The van der Waals surface area contributed by atoms with E-state index in [0.717, 1.165) is 43.9 Å². The number of benzene rings is 2. The molecule has 3 aromatic rings. The molecular formula is C27H33N3O. The molecule has 4 nitrogen and oxygen atoms in total. The Bertz CT molecular complexity index is 1010. The fourth-order valence-corrected chi connectivity index (χ4v) is 4.04. The van der Waals surface area contributed by atoms with Crippen LogP contribution in [-0.4, -0.2) is 37.5 Å². The van der Waals surface area contributed by atoms with Gasteiger partial charge in [-0.3, -0.25) is 9.98 Å². The minimum Gasteiger partial charge on any atom is -0.383 e. The summed E-state index contributed by atoms with van der Waals surface area (Å²) in [5, 5.41) is 3.53. The lowest BCUT2D eigenvalue weighted by atomic mass is 9.91. The summed E-state index contributed by atoms with van der Waals surface area (Å²) >= 11 is 0. The lowest BCUT2D eigenvalue weighted by Crippen LogP contribution is -2.26. The van der Waals surface area contributed by atoms with Crippen molar-refractivity contribution in [3.05, 3.63) is 89.2 Å². The van der Waals surface area contributed by atoms with Crippen LogP contribution < -0.4 is 5.32 Å². The summed E-state index contributed by atoms with van der Waals surface area (Å²) in [6.07, 6.45) is 4.89. The monoisotopic (exact) mass is 415 g/mol. The first kappa shape index (κ1) is 22.9. The highest BCUT2D eigenvalue weighted by molar-refractivity contribution is 6.02. The number of aromatic nitrogens is 1. The fraction of sp³-hybridized carbons (Fsp3) is 0.333. The number of hydrogen-bond acceptors (Lipinski definition) is 4. The molecule has 0 unspecified atom stereocenters. The molecule has 0 saturated carbocycles. The molecule has 4 heteroatoms. The van der Waals surface area contributed by atoms with Crippen molar-refractivity contribution in [1.29, 1.82) is 0 Å². The van der Waals surface area contributed by atoms with Gasteiger partial charge in [0.15, 0.2) is 0 Å². The summed E-state index contributed by atoms with van der Waals surface area (Å²) in [5.74, 6) is 0.384. The SMILES string of the molecule is C.COCCNC[C@H](Cc1cncc(-c2ccc3c(c2)C(C)=NC3)c1)c1ccccc1. The molecule has 1 N–H and O–H groups in total. The minimum atomic E-state index is 0. The summed E-state index contributed by atoms with van der Waals surface area (Å²) in [6, 6.07) is 19.6. The highest BCUT2D eigenvalue weighted by Gasteiger charge is 2.15. The summed E-state index contributed by atoms with van der Waals surface area (Å²) in [6.45, 7) is 5.37. The van der Waals surface area contributed by atoms with E-state index < -0.39 is 0 Å². The van der Waals surface area contributed by atoms with E-state index >= 15 is 0 Å². The molecule has 4 rings (SSSR count). The Labute approximate surface area is 186 Å². The van der Waals surface area contributed by atoms with Crippen LogP contribution in [0.25, 0.3) is 11.1 Å². The average molecular weight is 416 g/mol. The van der Waals surface area contributed by atoms with Crippen molar-refractivity contribution >= 4 is 5.71 Å². The highest BCUT2D eigenvalue weighted by atomic mass is 16.5. The predicted molar refractivity (Wildman–Crippen MR) is 130 cm³/mol. The Kier molecular flexibility index (Phi) is 8.10. The number of methoxy groups -OCH3 is 1. The Morgan fingerprint density at radius 2 is 1.87 bits per heavy atom. The van der Waals surface area contributed by atoms with Gasteiger partial charge in [-0.2, -0.15) is 0 Å². The van der Waals surface area contributed by atoms with Gasteiger partial charge in [0, 0.05) is 55.3 Å². The Balaban J connectivity index is 0.00000272. The van der Waals surface area contributed by atoms with Gasteiger partial charge in [-0.15, -0.1) is 0 Å². The van der Waals surface area contributed by atoms with Gasteiger partial charge in [-0.1, -0.05) is 49.9 Å². The number of pyridine rings is 1. The van der Waals surface area contributed by atoms with Crippen LogP contribution in [0.5, 0.6) is 0 Å². The maximum absolute atomic E-state index is 5.17. The predicted octanol–water partition coefficient (Wildman–Crippen LogP) is 5.27. The second kappa shape index (κ2) is 11.0. The largest absolute Gasteiger partial charge is 0.383 e. The number of aliphatic imine (C=N–C) groups is 1. The Hall–Kier alpha value is -2.82. The lowest BCUT2D eigenvalue weighted by Gasteiger charge is -2.19. The van der Waals surface area contributed by atoms with E-state index in [2.05, 4.69) is 76.8 Å². The van der Waals surface area contributed by atoms with Crippen molar-refractivity contribution in [1.82, 2.24) is 10.3 Å². The molecule has 2 heterocycles. The average Bonchev–Trinajstić information content (AvgIpc) is 3.17. The number of rotatable bonds is 9. The normalized spacial score (nSPS) is 13.3. The first-order valence-electron chi connectivity index (χ1n) is 10.6. The first-order chi connectivity index (χ1) is 14.7. The van der Waals surface area contributed by atoms with Gasteiger partial charge < -0.3 is 10.1 Å². The van der Waals surface area contributed by atoms with Crippen LogP contribution in [0.4, 0.5) is 0 Å². The third kappa shape index (κ3) is 5.66. The third-order valence-corrected chi connectivity index (χ3v) is 5.74. The molecule has 0 saturated heterocycles. The Morgan fingerprint density at radius 3 is 2.68 bits per heavy atom. The van der Waals surface area contributed by atoms with Crippen molar-refractivity contribution in [2.75, 3.05) is 26.8 Å². The van der Waals surface area contributed by atoms with Crippen LogP contribution in [0.15, 0.2) is 72.0 Å². The van der Waals surface area contributed by atoms with Gasteiger partial charge in [0.1, 0.15) is 0 Å². The van der Waals surface area contributed by atoms with Crippen molar-refractivity contribution in [2.45, 2.75) is 33.2 Å². The standard InChI is InChI=1S/C26H29N3O.CH4/c1-19-26-14-22(8-9-23(26)18-29-19)25-13-20(15-28-17-25)12-24(16-27-10-11-30-2)21-6-4-3-5-7-21;/h3-9,13-15,17,24,27H,10-12,16,18H2,1-2H3;1H4/t24-;/m0./s1. The summed E-state index contributed by atoms with van der Waals surface area (Å²) < 4.78 is 5.17. The van der Waals surface area contributed by atoms with Crippen molar-refractivity contribution in [3.63, 3.8) is 0 Å². The smallest absolute Gasteiger partial charge is 0.0649 e. The van der Waals surface area contributed by atoms with Gasteiger partial charge in [0.25, 0.3) is 0 Å². The number of fused-ring (bicyclic) bond motifs is 1. The van der Waals surface area contributed by atoms with Gasteiger partial charge >= 0.3 is 0 Å². The fourth-order valence-electron chi connectivity index (χ4n) is 4.04. The lowest BCUT2D eigenvalue weighted by molar-refractivity contribution is 0.199. The molecule has 2 aromatic carbocycles. The molecule has 0 bridgehead atoms. The summed E-state index contributed by atoms with van der Waals surface area (Å²) in [4.78, 5) is 9.12. The summed E-state index contributed by atoms with van der Waals surface area (Å²) in [7, 11) is 1.74. The van der Waals surface area contributed by atoms with Crippen LogP contribution in [0, 0.1) is 0 Å². The maximum Gasteiger partial charge on any atom is 0.0649 e. The molecule has 0 aliphatic carbocycles. The van der Waals surface area contributed by atoms with Crippen LogP contribution in [0.1, 0.15) is 42.5 Å². The molecular weight excluding hydrogens is 382 g/mol. The number of nitrogens with zero attached hydrogens (tertiary/aromatic N) is 2. The molecule has 1 aliphatic heterocycles. The zero-order chi connectivity index (χ0) is 20.8. The highest BCUT2D eigenvalue weighted by Crippen LogP contribution is 2.28. The molecule has 1 aromatic heterocycles.